The molecule has 1 unspecified atom stereocenters. The fourth-order valence-electron chi connectivity index (χ4n) is 3.12. The summed E-state index contributed by atoms with van der Waals surface area (Å²) < 4.78 is 28.0. The average Bonchev–Trinajstić information content (AvgIpc) is 3.15. The minimum absolute atomic E-state index is 0.136. The Morgan fingerprint density at radius 2 is 1.90 bits per heavy atom. The van der Waals surface area contributed by atoms with E-state index in [2.05, 4.69) is 30.8 Å². The molecule has 30 heavy (non-hydrogen) atoms. The van der Waals surface area contributed by atoms with Crippen LogP contribution in [0.25, 0.3) is 22.2 Å². The molecule has 0 spiro atoms. The van der Waals surface area contributed by atoms with Crippen LogP contribution in [0.2, 0.25) is 0 Å². The zero-order valence-electron chi connectivity index (χ0n) is 16.2. The van der Waals surface area contributed by atoms with Gasteiger partial charge in [0.15, 0.2) is 11.6 Å². The van der Waals surface area contributed by atoms with Crippen molar-refractivity contribution >= 4 is 22.8 Å². The van der Waals surface area contributed by atoms with Crippen LogP contribution in [-0.2, 0) is 0 Å². The van der Waals surface area contributed by atoms with Gasteiger partial charge in [0.1, 0.15) is 17.0 Å². The summed E-state index contributed by atoms with van der Waals surface area (Å²) in [7, 11) is 0. The molecule has 152 valence electrons. The number of urea groups is 1. The molecule has 1 atom stereocenters. The van der Waals surface area contributed by atoms with E-state index >= 15 is 0 Å². The maximum absolute atomic E-state index is 14.9. The number of benzene rings is 1. The molecule has 3 N–H and O–H groups in total. The Bertz CT molecular complexity index is 1220. The molecule has 3 aromatic heterocycles. The normalized spacial score (nSPS) is 12.0. The van der Waals surface area contributed by atoms with Gasteiger partial charge in [0.2, 0.25) is 0 Å². The molecule has 7 nitrogen and oxygen atoms in total. The molecule has 3 heterocycles. The fraction of sp³-hybridized carbons (Fsp3) is 0.143. The second kappa shape index (κ2) is 7.86. The standard InChI is InChI=1S/C21H18F2N6O/c1-11-9-14(7-8-24-11)18-16-10-25-20(17(23)19(16)29-28-18)27-21(30)26-12(2)13-3-5-15(22)6-4-13/h3-10,12H,1-2H3,(H,28,29)(H2,25,26,27,30). The van der Waals surface area contributed by atoms with Crippen LogP contribution in [-0.4, -0.2) is 26.2 Å². The van der Waals surface area contributed by atoms with Crippen molar-refractivity contribution < 1.29 is 13.6 Å². The lowest BCUT2D eigenvalue weighted by atomic mass is 10.1. The van der Waals surface area contributed by atoms with Gasteiger partial charge in [0, 0.05) is 29.0 Å². The fourth-order valence-corrected chi connectivity index (χ4v) is 3.12. The molecule has 0 saturated heterocycles. The van der Waals surface area contributed by atoms with Crippen LogP contribution < -0.4 is 10.6 Å². The number of aromatic amines is 1. The molecule has 0 bridgehead atoms. The van der Waals surface area contributed by atoms with Crippen LogP contribution in [0.5, 0.6) is 0 Å². The Hall–Kier alpha value is -3.88. The number of pyridine rings is 2. The summed E-state index contributed by atoms with van der Waals surface area (Å²) in [4.78, 5) is 20.5. The number of carbonyl (C=O) groups excluding carboxylic acids is 1. The van der Waals surface area contributed by atoms with Gasteiger partial charge in [0.05, 0.1) is 6.04 Å². The third kappa shape index (κ3) is 3.82. The number of hydrogen-bond donors (Lipinski definition) is 3. The van der Waals surface area contributed by atoms with Gasteiger partial charge in [0.25, 0.3) is 0 Å². The van der Waals surface area contributed by atoms with E-state index in [1.165, 1.54) is 18.3 Å². The van der Waals surface area contributed by atoms with E-state index in [-0.39, 0.29) is 17.2 Å². The summed E-state index contributed by atoms with van der Waals surface area (Å²) in [6.45, 7) is 3.59. The van der Waals surface area contributed by atoms with Gasteiger partial charge in [-0.25, -0.2) is 18.6 Å². The maximum Gasteiger partial charge on any atom is 0.320 e. The molecule has 9 heteroatoms. The molecule has 0 aliphatic carbocycles. The van der Waals surface area contributed by atoms with Gasteiger partial charge in [-0.15, -0.1) is 0 Å². The van der Waals surface area contributed by atoms with E-state index in [9.17, 15) is 13.6 Å². The Kier molecular flexibility index (Phi) is 5.09. The number of aromatic nitrogens is 4. The van der Waals surface area contributed by atoms with Crippen molar-refractivity contribution in [2.24, 2.45) is 0 Å². The Balaban J connectivity index is 1.54. The molecule has 0 radical (unpaired) electrons. The minimum atomic E-state index is -0.721. The van der Waals surface area contributed by atoms with Crippen molar-refractivity contribution in [3.8, 4) is 11.3 Å². The highest BCUT2D eigenvalue weighted by molar-refractivity contribution is 5.96. The number of aryl methyl sites for hydroxylation is 1. The summed E-state index contributed by atoms with van der Waals surface area (Å²) >= 11 is 0. The molecular formula is C21H18F2N6O. The Morgan fingerprint density at radius 3 is 2.63 bits per heavy atom. The zero-order chi connectivity index (χ0) is 21.3. The van der Waals surface area contributed by atoms with Gasteiger partial charge in [-0.1, -0.05) is 12.1 Å². The highest BCUT2D eigenvalue weighted by Gasteiger charge is 2.18. The van der Waals surface area contributed by atoms with Crippen molar-refractivity contribution in [1.82, 2.24) is 25.5 Å². The third-order valence-electron chi connectivity index (χ3n) is 4.67. The smallest absolute Gasteiger partial charge is 0.320 e. The molecule has 0 fully saturated rings. The first kappa shape index (κ1) is 19.4. The van der Waals surface area contributed by atoms with Crippen LogP contribution in [0.4, 0.5) is 19.4 Å². The van der Waals surface area contributed by atoms with Crippen molar-refractivity contribution in [2.45, 2.75) is 19.9 Å². The number of amides is 2. The summed E-state index contributed by atoms with van der Waals surface area (Å²) in [5.74, 6) is -1.31. The molecule has 0 aliphatic rings. The number of nitrogens with one attached hydrogen (secondary N) is 3. The lowest BCUT2D eigenvalue weighted by molar-refractivity contribution is 0.249. The number of halogens is 2. The largest absolute Gasteiger partial charge is 0.331 e. The lowest BCUT2D eigenvalue weighted by Gasteiger charge is -2.15. The topological polar surface area (TPSA) is 95.6 Å². The summed E-state index contributed by atoms with van der Waals surface area (Å²) in [5.41, 5.74) is 2.98. The first-order chi connectivity index (χ1) is 14.4. The number of anilines is 1. The van der Waals surface area contributed by atoms with Gasteiger partial charge in [-0.05, 0) is 43.7 Å². The van der Waals surface area contributed by atoms with Gasteiger partial charge in [-0.2, -0.15) is 5.10 Å². The molecule has 4 rings (SSSR count). The van der Waals surface area contributed by atoms with Crippen LogP contribution in [0.3, 0.4) is 0 Å². The second-order valence-corrected chi connectivity index (χ2v) is 6.84. The van der Waals surface area contributed by atoms with E-state index in [1.54, 1.807) is 31.3 Å². The van der Waals surface area contributed by atoms with E-state index in [1.807, 2.05) is 13.0 Å². The van der Waals surface area contributed by atoms with Crippen molar-refractivity contribution in [2.75, 3.05) is 5.32 Å². The van der Waals surface area contributed by atoms with E-state index in [4.69, 9.17) is 0 Å². The van der Waals surface area contributed by atoms with Gasteiger partial charge in [-0.3, -0.25) is 15.4 Å². The summed E-state index contributed by atoms with van der Waals surface area (Å²) in [5, 5.41) is 12.4. The SMILES string of the molecule is Cc1cc(-c2n[nH]c3c(F)c(NC(=O)NC(C)c4ccc(F)cc4)ncc23)ccn1. The van der Waals surface area contributed by atoms with Crippen LogP contribution in [0, 0.1) is 18.6 Å². The molecule has 0 aliphatic heterocycles. The highest BCUT2D eigenvalue weighted by atomic mass is 19.1. The van der Waals surface area contributed by atoms with Crippen molar-refractivity contribution in [3.63, 3.8) is 0 Å². The second-order valence-electron chi connectivity index (χ2n) is 6.84. The summed E-state index contributed by atoms with van der Waals surface area (Å²) in [6, 6.07) is 8.31. The molecule has 4 aromatic rings. The van der Waals surface area contributed by atoms with Crippen molar-refractivity contribution in [3.05, 3.63) is 71.7 Å². The van der Waals surface area contributed by atoms with Crippen LogP contribution in [0.1, 0.15) is 24.2 Å². The first-order valence-electron chi connectivity index (χ1n) is 9.21. The highest BCUT2D eigenvalue weighted by Crippen LogP contribution is 2.29. The molecule has 2 amide bonds. The predicted molar refractivity (Wildman–Crippen MR) is 109 cm³/mol. The predicted octanol–water partition coefficient (Wildman–Crippen LogP) is 4.49. The van der Waals surface area contributed by atoms with E-state index in [0.29, 0.717) is 16.6 Å². The van der Waals surface area contributed by atoms with Crippen molar-refractivity contribution in [1.29, 1.82) is 0 Å². The zero-order valence-corrected chi connectivity index (χ0v) is 16.2. The first-order valence-corrected chi connectivity index (χ1v) is 9.21. The summed E-state index contributed by atoms with van der Waals surface area (Å²) in [6.07, 6.45) is 3.10. The minimum Gasteiger partial charge on any atom is -0.331 e. The van der Waals surface area contributed by atoms with E-state index in [0.717, 1.165) is 11.3 Å². The monoisotopic (exact) mass is 408 g/mol. The number of nitrogens with zero attached hydrogens (tertiary/aromatic N) is 3. The number of hydrogen-bond acceptors (Lipinski definition) is 4. The maximum atomic E-state index is 14.9. The molecule has 0 saturated carbocycles. The van der Waals surface area contributed by atoms with E-state index < -0.39 is 17.9 Å². The number of carbonyl (C=O) groups is 1. The molecular weight excluding hydrogens is 390 g/mol. The lowest BCUT2D eigenvalue weighted by Crippen LogP contribution is -2.31. The number of H-pyrrole nitrogens is 1. The third-order valence-corrected chi connectivity index (χ3v) is 4.67. The quantitative estimate of drug-likeness (QED) is 0.464. The Morgan fingerprint density at radius 1 is 1.13 bits per heavy atom. The Labute approximate surface area is 170 Å². The average molecular weight is 408 g/mol. The molecule has 1 aromatic carbocycles. The van der Waals surface area contributed by atoms with Gasteiger partial charge >= 0.3 is 6.03 Å². The van der Waals surface area contributed by atoms with Crippen LogP contribution >= 0.6 is 0 Å². The number of fused-ring (bicyclic) bond motifs is 1. The number of rotatable bonds is 4. The van der Waals surface area contributed by atoms with Gasteiger partial charge < -0.3 is 5.32 Å². The van der Waals surface area contributed by atoms with Crippen LogP contribution in [0.15, 0.2) is 48.8 Å².